The van der Waals surface area contributed by atoms with Crippen LogP contribution in [0.2, 0.25) is 0 Å². The minimum Gasteiger partial charge on any atom is -0.763 e. The normalized spacial score (nSPS) is 19.7. The Balaban J connectivity index is 0.00000100. The Morgan fingerprint density at radius 2 is 1.58 bits per heavy atom. The van der Waals surface area contributed by atoms with Crippen molar-refractivity contribution in [3.63, 3.8) is 0 Å². The van der Waals surface area contributed by atoms with Crippen LogP contribution in [-0.2, 0) is 9.59 Å². The minimum absolute atomic E-state index is 0.0483. The highest BCUT2D eigenvalue weighted by atomic mass is 16.2. The number of rotatable bonds is 2. The number of amides is 2. The smallest absolute Gasteiger partial charge is 0.296 e. The molecule has 2 heterocycles. The van der Waals surface area contributed by atoms with Gasteiger partial charge in [-0.25, -0.2) is 0 Å². The number of hydrogen-bond acceptors (Lipinski definition) is 2. The van der Waals surface area contributed by atoms with Crippen molar-refractivity contribution in [3.05, 3.63) is 77.5 Å². The van der Waals surface area contributed by atoms with Crippen LogP contribution in [0.4, 0.5) is 0 Å². The molecule has 24 heavy (non-hydrogen) atoms. The third-order valence-corrected chi connectivity index (χ3v) is 3.72. The van der Waals surface area contributed by atoms with E-state index in [0.717, 1.165) is 5.56 Å². The highest BCUT2D eigenvalue weighted by Gasteiger charge is 2.46. The Morgan fingerprint density at radius 1 is 1.00 bits per heavy atom. The number of piperidine rings is 1. The van der Waals surface area contributed by atoms with Gasteiger partial charge in [-0.05, 0) is 5.56 Å². The fourth-order valence-electron chi connectivity index (χ4n) is 2.74. The van der Waals surface area contributed by atoms with Gasteiger partial charge >= 0.3 is 0 Å². The Bertz CT molecular complexity index is 766. The first-order chi connectivity index (χ1) is 11.7. The molecule has 0 bridgehead atoms. The summed E-state index contributed by atoms with van der Waals surface area (Å²) in [6, 6.07) is 13.9. The third-order valence-electron chi connectivity index (χ3n) is 3.72. The monoisotopic (exact) mass is 321 g/mol. The lowest BCUT2D eigenvalue weighted by Crippen LogP contribution is -2.57. The van der Waals surface area contributed by atoms with Crippen molar-refractivity contribution in [2.45, 2.75) is 25.8 Å². The number of nitrogens with one attached hydrogen (secondary N) is 1. The van der Waals surface area contributed by atoms with E-state index in [1.165, 1.54) is 0 Å². The molecule has 5 nitrogen and oxygen atoms in total. The zero-order chi connectivity index (χ0) is 17.5. The van der Waals surface area contributed by atoms with E-state index in [2.05, 4.69) is 5.32 Å². The van der Waals surface area contributed by atoms with Gasteiger partial charge in [-0.2, -0.15) is 4.57 Å². The molecule has 122 valence electrons. The number of nitrogens with zero attached hydrogens (tertiary/aromatic N) is 2. The summed E-state index contributed by atoms with van der Waals surface area (Å²) in [6.07, 6.45) is 3.51. The molecule has 1 aromatic heterocycles. The van der Waals surface area contributed by atoms with E-state index in [4.69, 9.17) is 0 Å². The maximum atomic E-state index is 12.4. The molecule has 1 saturated heterocycles. The van der Waals surface area contributed by atoms with Gasteiger partial charge in [0.05, 0.1) is 11.5 Å². The molecule has 0 spiro atoms. The van der Waals surface area contributed by atoms with E-state index in [0.29, 0.717) is 0 Å². The van der Waals surface area contributed by atoms with E-state index in [9.17, 15) is 15.0 Å². The van der Waals surface area contributed by atoms with Gasteiger partial charge in [0.15, 0.2) is 12.4 Å². The first-order valence-corrected chi connectivity index (χ1v) is 7.85. The molecule has 5 heteroatoms. The summed E-state index contributed by atoms with van der Waals surface area (Å²) in [5.74, 6) is 0.339. The average molecular weight is 321 g/mol. The van der Waals surface area contributed by atoms with E-state index >= 15 is 0 Å². The summed E-state index contributed by atoms with van der Waals surface area (Å²) >= 11 is 0. The molecule has 2 atom stereocenters. The van der Waals surface area contributed by atoms with Gasteiger partial charge in [0, 0.05) is 12.1 Å². The lowest BCUT2D eigenvalue weighted by atomic mass is 9.81. The van der Waals surface area contributed by atoms with E-state index in [1.54, 1.807) is 29.1 Å². The lowest BCUT2D eigenvalue weighted by molar-refractivity contribution is -0.711. The van der Waals surface area contributed by atoms with Crippen LogP contribution in [0.15, 0.2) is 66.5 Å². The zero-order valence-electron chi connectivity index (χ0n) is 13.6. The van der Waals surface area contributed by atoms with Crippen molar-refractivity contribution < 1.29 is 14.2 Å². The van der Waals surface area contributed by atoms with E-state index in [1.807, 2.05) is 56.1 Å². The number of hydrogen-bond donors (Lipinski definition) is 1. The van der Waals surface area contributed by atoms with Gasteiger partial charge in [-0.3, -0.25) is 20.8 Å². The lowest BCUT2D eigenvalue weighted by Gasteiger charge is -2.28. The van der Waals surface area contributed by atoms with Crippen LogP contribution in [0, 0.1) is 0 Å². The highest BCUT2D eigenvalue weighted by molar-refractivity contribution is 6.14. The predicted octanol–water partition coefficient (Wildman–Crippen LogP) is 2.15. The standard InChI is InChI=1S/C17H13N3O2.C2H6/c18-11-13-14(12-7-3-1-4-8-12)15(17(22)19-16(13)21)20-9-5-2-6-10-20;1-2/h1-10,14-15H,(H,19,21,22);1-2H3. The molecular weight excluding hydrogens is 302 g/mol. The Hall–Kier alpha value is -3.04. The molecule has 0 saturated carbocycles. The minimum atomic E-state index is -0.670. The van der Waals surface area contributed by atoms with E-state index in [-0.39, 0.29) is 5.57 Å². The molecule has 3 rings (SSSR count). The second kappa shape index (κ2) is 7.99. The molecule has 2 amide bonds. The molecule has 0 aliphatic carbocycles. The molecule has 1 fully saturated rings. The fourth-order valence-corrected chi connectivity index (χ4v) is 2.74. The van der Waals surface area contributed by atoms with Gasteiger partial charge in [-0.15, -0.1) is 0 Å². The molecule has 1 N–H and O–H groups in total. The van der Waals surface area contributed by atoms with Crippen LogP contribution in [-0.4, -0.2) is 17.7 Å². The number of carbonyl (C=O) groups excluding carboxylic acids is 2. The largest absolute Gasteiger partial charge is 0.763 e. The number of imide groups is 1. The first kappa shape index (κ1) is 17.3. The van der Waals surface area contributed by atoms with Crippen molar-refractivity contribution in [1.29, 1.82) is 0 Å². The summed E-state index contributed by atoms with van der Waals surface area (Å²) in [5, 5.41) is 11.6. The number of carbonyl (C=O) groups is 2. The molecule has 2 unspecified atom stereocenters. The van der Waals surface area contributed by atoms with Crippen molar-refractivity contribution in [1.82, 2.24) is 5.32 Å². The average Bonchev–Trinajstić information content (AvgIpc) is 2.64. The maximum Gasteiger partial charge on any atom is 0.296 e. The molecule has 0 radical (unpaired) electrons. The van der Waals surface area contributed by atoms with Crippen molar-refractivity contribution in [2.24, 2.45) is 0 Å². The van der Waals surface area contributed by atoms with Crippen LogP contribution >= 0.6 is 0 Å². The van der Waals surface area contributed by atoms with Crippen LogP contribution in [0.3, 0.4) is 0 Å². The number of pyridine rings is 1. The van der Waals surface area contributed by atoms with E-state index < -0.39 is 23.8 Å². The SMILES string of the molecule is CC.[N-]=C=C1C(=O)NC(=O)C([n+]2ccccc2)C1c1ccccc1. The summed E-state index contributed by atoms with van der Waals surface area (Å²) in [5.41, 5.74) is 0.816. The van der Waals surface area contributed by atoms with Gasteiger partial charge in [0.2, 0.25) is 6.04 Å². The summed E-state index contributed by atoms with van der Waals surface area (Å²) in [7, 11) is 0. The van der Waals surface area contributed by atoms with Crippen molar-refractivity contribution in [2.75, 3.05) is 0 Å². The fraction of sp³-hybridized carbons (Fsp3) is 0.211. The quantitative estimate of drug-likeness (QED) is 0.398. The topological polar surface area (TPSA) is 72.3 Å². The Morgan fingerprint density at radius 3 is 2.17 bits per heavy atom. The summed E-state index contributed by atoms with van der Waals surface area (Å²) < 4.78 is 1.72. The van der Waals surface area contributed by atoms with Crippen molar-refractivity contribution >= 4 is 17.7 Å². The zero-order valence-corrected chi connectivity index (χ0v) is 13.6. The van der Waals surface area contributed by atoms with Crippen LogP contribution in [0.25, 0.3) is 5.41 Å². The second-order valence-electron chi connectivity index (χ2n) is 5.00. The molecule has 1 aromatic carbocycles. The first-order valence-electron chi connectivity index (χ1n) is 7.85. The van der Waals surface area contributed by atoms with Gasteiger partial charge in [0.1, 0.15) is 0 Å². The van der Waals surface area contributed by atoms with Crippen LogP contribution < -0.4 is 9.88 Å². The van der Waals surface area contributed by atoms with Gasteiger partial charge in [0.25, 0.3) is 11.8 Å². The molecular formula is C19H19N3O2. The van der Waals surface area contributed by atoms with Crippen LogP contribution in [0.5, 0.6) is 0 Å². The molecule has 2 aromatic rings. The third kappa shape index (κ3) is 3.31. The van der Waals surface area contributed by atoms with Crippen LogP contribution in [0.1, 0.15) is 31.4 Å². The highest BCUT2D eigenvalue weighted by Crippen LogP contribution is 2.34. The Labute approximate surface area is 141 Å². The second-order valence-corrected chi connectivity index (χ2v) is 5.00. The summed E-state index contributed by atoms with van der Waals surface area (Å²) in [6.45, 7) is 4.00. The van der Waals surface area contributed by atoms with Crippen molar-refractivity contribution in [3.8, 4) is 0 Å². The predicted molar refractivity (Wildman–Crippen MR) is 91.2 cm³/mol. The van der Waals surface area contributed by atoms with Gasteiger partial charge < -0.3 is 5.41 Å². The number of aromatic nitrogens is 1. The number of benzene rings is 1. The molecule has 1 aliphatic rings. The Kier molecular flexibility index (Phi) is 5.77. The molecule has 1 aliphatic heterocycles. The summed E-state index contributed by atoms with van der Waals surface area (Å²) in [4.78, 5) is 24.4. The van der Waals surface area contributed by atoms with Gasteiger partial charge in [-0.1, -0.05) is 50.2 Å². The maximum absolute atomic E-state index is 12.4.